The van der Waals surface area contributed by atoms with Gasteiger partial charge in [-0.1, -0.05) is 42.6 Å². The topological polar surface area (TPSA) is 29.1 Å². The quantitative estimate of drug-likeness (QED) is 0.801. The van der Waals surface area contributed by atoms with Crippen LogP contribution in [0.1, 0.15) is 24.8 Å². The minimum atomic E-state index is -0.625. The fraction of sp³-hybridized carbons (Fsp3) is 0.462. The van der Waals surface area contributed by atoms with Crippen LogP contribution in [0.4, 0.5) is 0 Å². The van der Waals surface area contributed by atoms with Gasteiger partial charge in [0.2, 0.25) is 0 Å². The standard InChI is InChI=1S/C13H18B2ClNO/c1-17-12(9-5-2-3-6-10(9)16)7-4-8-13(14,15)11(12)18/h2-3,5-6,17H,4,7-8,14-15H2,1H3/t12-/m0/s1. The Kier molecular flexibility index (Phi) is 3.61. The van der Waals surface area contributed by atoms with Crippen LogP contribution in [0.5, 0.6) is 0 Å². The van der Waals surface area contributed by atoms with Gasteiger partial charge in [0.05, 0.1) is 0 Å². The van der Waals surface area contributed by atoms with Gasteiger partial charge in [-0.25, -0.2) is 0 Å². The SMILES string of the molecule is BC1(B)CCC[C@](NC)(c2ccccc2Cl)C1=O. The fourth-order valence-electron chi connectivity index (χ4n) is 3.04. The van der Waals surface area contributed by atoms with Crippen molar-refractivity contribution in [2.45, 2.75) is 30.0 Å². The first-order chi connectivity index (χ1) is 8.44. The first kappa shape index (κ1) is 13.7. The van der Waals surface area contributed by atoms with Gasteiger partial charge in [-0.05, 0) is 30.3 Å². The van der Waals surface area contributed by atoms with E-state index in [2.05, 4.69) is 5.32 Å². The number of nitrogens with one attached hydrogen (secondary N) is 1. The lowest BCUT2D eigenvalue weighted by Gasteiger charge is -2.44. The molecule has 1 aromatic rings. The molecule has 0 radical (unpaired) electrons. The largest absolute Gasteiger partial charge is 0.304 e. The van der Waals surface area contributed by atoms with Crippen molar-refractivity contribution in [3.05, 3.63) is 34.9 Å². The third kappa shape index (κ3) is 2.02. The number of carbonyl (C=O) groups is 1. The van der Waals surface area contributed by atoms with Gasteiger partial charge in [-0.3, -0.25) is 4.79 Å². The second-order valence-corrected chi connectivity index (χ2v) is 6.11. The Morgan fingerprint density at radius 3 is 2.56 bits per heavy atom. The van der Waals surface area contributed by atoms with Crippen molar-refractivity contribution in [1.29, 1.82) is 0 Å². The minimum absolute atomic E-state index is 0.247. The number of benzene rings is 1. The van der Waals surface area contributed by atoms with E-state index in [1.165, 1.54) is 0 Å². The number of likely N-dealkylation sites (N-methyl/N-ethyl adjacent to an activating group) is 1. The summed E-state index contributed by atoms with van der Waals surface area (Å²) in [6, 6.07) is 7.64. The summed E-state index contributed by atoms with van der Waals surface area (Å²) in [6.45, 7) is 0. The highest BCUT2D eigenvalue weighted by molar-refractivity contribution is 6.52. The normalized spacial score (nSPS) is 27.1. The Bertz CT molecular complexity index is 478. The third-order valence-electron chi connectivity index (χ3n) is 4.12. The molecule has 94 valence electrons. The zero-order valence-electron chi connectivity index (χ0n) is 11.2. The monoisotopic (exact) mass is 261 g/mol. The van der Waals surface area contributed by atoms with Crippen molar-refractivity contribution in [2.24, 2.45) is 0 Å². The van der Waals surface area contributed by atoms with E-state index in [9.17, 15) is 4.79 Å². The van der Waals surface area contributed by atoms with Gasteiger partial charge in [0.1, 0.15) is 27.0 Å². The molecule has 0 aliphatic heterocycles. The highest BCUT2D eigenvalue weighted by atomic mass is 35.5. The predicted molar refractivity (Wildman–Crippen MR) is 80.8 cm³/mol. The van der Waals surface area contributed by atoms with Gasteiger partial charge in [0.25, 0.3) is 0 Å². The summed E-state index contributed by atoms with van der Waals surface area (Å²) in [5.41, 5.74) is 0.284. The molecular weight excluding hydrogens is 243 g/mol. The molecule has 5 heteroatoms. The lowest BCUT2D eigenvalue weighted by Crippen LogP contribution is -2.55. The van der Waals surface area contributed by atoms with Crippen molar-refractivity contribution in [1.82, 2.24) is 5.32 Å². The summed E-state index contributed by atoms with van der Waals surface area (Å²) >= 11 is 6.29. The molecule has 0 aromatic heterocycles. The molecule has 0 spiro atoms. The molecule has 1 aromatic carbocycles. The average molecular weight is 261 g/mol. The number of ketones is 1. The number of hydrogen-bond acceptors (Lipinski definition) is 2. The van der Waals surface area contributed by atoms with E-state index in [0.29, 0.717) is 5.02 Å². The molecule has 18 heavy (non-hydrogen) atoms. The first-order valence-electron chi connectivity index (χ1n) is 6.43. The molecule has 0 heterocycles. The van der Waals surface area contributed by atoms with Crippen molar-refractivity contribution in [3.63, 3.8) is 0 Å². The summed E-state index contributed by atoms with van der Waals surface area (Å²) in [4.78, 5) is 12.8. The van der Waals surface area contributed by atoms with Crippen LogP contribution in [0.25, 0.3) is 0 Å². The van der Waals surface area contributed by atoms with Gasteiger partial charge in [0, 0.05) is 5.02 Å². The Hall–Kier alpha value is -0.730. The van der Waals surface area contributed by atoms with E-state index in [1.54, 1.807) is 0 Å². The number of halogens is 1. The number of carbonyl (C=O) groups excluding carboxylic acids is 1. The Morgan fingerprint density at radius 2 is 1.94 bits per heavy atom. The summed E-state index contributed by atoms with van der Waals surface area (Å²) in [6.07, 6.45) is 2.79. The van der Waals surface area contributed by atoms with Gasteiger partial charge < -0.3 is 5.32 Å². The van der Waals surface area contributed by atoms with Crippen LogP contribution in [0.15, 0.2) is 24.3 Å². The molecule has 0 saturated heterocycles. The van der Waals surface area contributed by atoms with Crippen LogP contribution in [0, 0.1) is 0 Å². The summed E-state index contributed by atoms with van der Waals surface area (Å²) in [5, 5.41) is 3.62. The van der Waals surface area contributed by atoms with Crippen molar-refractivity contribution in [3.8, 4) is 0 Å². The van der Waals surface area contributed by atoms with E-state index in [0.717, 1.165) is 24.8 Å². The van der Waals surface area contributed by atoms with E-state index in [1.807, 2.05) is 47.0 Å². The van der Waals surface area contributed by atoms with Gasteiger partial charge in [-0.15, -0.1) is 0 Å². The lowest BCUT2D eigenvalue weighted by molar-refractivity contribution is -0.129. The van der Waals surface area contributed by atoms with Gasteiger partial charge in [0.15, 0.2) is 0 Å². The van der Waals surface area contributed by atoms with Crippen LogP contribution in [0.3, 0.4) is 0 Å². The van der Waals surface area contributed by atoms with E-state index < -0.39 is 5.54 Å². The van der Waals surface area contributed by atoms with Crippen molar-refractivity contribution >= 4 is 33.1 Å². The van der Waals surface area contributed by atoms with E-state index in [4.69, 9.17) is 11.6 Å². The molecule has 1 saturated carbocycles. The smallest absolute Gasteiger partial charge is 0.148 e. The lowest BCUT2D eigenvalue weighted by atomic mass is 9.44. The number of hydrogen-bond donors (Lipinski definition) is 1. The van der Waals surface area contributed by atoms with Crippen molar-refractivity contribution < 1.29 is 4.79 Å². The molecule has 0 unspecified atom stereocenters. The maximum Gasteiger partial charge on any atom is 0.148 e. The molecule has 1 fully saturated rings. The zero-order chi connectivity index (χ0) is 13.4. The number of Topliss-reactive ketones (excluding diaryl/α,β-unsaturated/α-hetero) is 1. The molecule has 1 aliphatic carbocycles. The Labute approximate surface area is 115 Å². The first-order valence-corrected chi connectivity index (χ1v) is 6.81. The molecule has 2 rings (SSSR count). The van der Waals surface area contributed by atoms with Crippen LogP contribution in [-0.2, 0) is 10.3 Å². The predicted octanol–water partition coefficient (Wildman–Crippen LogP) is 0.890. The summed E-state index contributed by atoms with van der Waals surface area (Å²) in [5.74, 6) is 0.247. The van der Waals surface area contributed by atoms with E-state index >= 15 is 0 Å². The summed E-state index contributed by atoms with van der Waals surface area (Å²) in [7, 11) is 5.90. The average Bonchev–Trinajstić information content (AvgIpc) is 2.34. The van der Waals surface area contributed by atoms with Crippen molar-refractivity contribution in [2.75, 3.05) is 7.05 Å². The molecule has 0 bridgehead atoms. The van der Waals surface area contributed by atoms with Crippen LogP contribution in [0.2, 0.25) is 10.2 Å². The van der Waals surface area contributed by atoms with Gasteiger partial charge in [-0.2, -0.15) is 0 Å². The Morgan fingerprint density at radius 1 is 1.28 bits per heavy atom. The van der Waals surface area contributed by atoms with Crippen LogP contribution in [-0.4, -0.2) is 28.5 Å². The number of rotatable bonds is 2. The molecule has 0 amide bonds. The second-order valence-electron chi connectivity index (χ2n) is 5.70. The molecule has 2 nitrogen and oxygen atoms in total. The third-order valence-corrected chi connectivity index (χ3v) is 4.45. The zero-order valence-corrected chi connectivity index (χ0v) is 12.0. The summed E-state index contributed by atoms with van der Waals surface area (Å²) < 4.78 is 0. The molecule has 1 aliphatic rings. The van der Waals surface area contributed by atoms with Gasteiger partial charge >= 0.3 is 0 Å². The van der Waals surface area contributed by atoms with Crippen LogP contribution < -0.4 is 5.32 Å². The molecular formula is C13H18B2ClNO. The fourth-order valence-corrected chi connectivity index (χ4v) is 3.33. The maximum atomic E-state index is 12.8. The molecule has 1 N–H and O–H groups in total. The van der Waals surface area contributed by atoms with E-state index in [-0.39, 0.29) is 11.0 Å². The Balaban J connectivity index is 2.55. The molecule has 1 atom stereocenters. The maximum absolute atomic E-state index is 12.8. The highest BCUT2D eigenvalue weighted by Crippen LogP contribution is 2.45. The second kappa shape index (κ2) is 4.75. The van der Waals surface area contributed by atoms with Crippen LogP contribution >= 0.6 is 11.6 Å². The minimum Gasteiger partial charge on any atom is -0.304 e. The highest BCUT2D eigenvalue weighted by Gasteiger charge is 2.49.